The largest absolute Gasteiger partial charge is 0.507 e. The summed E-state index contributed by atoms with van der Waals surface area (Å²) in [6, 6.07) is 12.0. The van der Waals surface area contributed by atoms with Gasteiger partial charge in [-0.05, 0) is 38.0 Å². The lowest BCUT2D eigenvalue weighted by Gasteiger charge is -2.35. The van der Waals surface area contributed by atoms with Crippen molar-refractivity contribution in [2.45, 2.75) is 51.1 Å². The lowest BCUT2D eigenvalue weighted by molar-refractivity contribution is -0.141. The molecular formula is C26H29NO5. The van der Waals surface area contributed by atoms with Gasteiger partial charge in [0.1, 0.15) is 17.3 Å². The molecule has 4 rings (SSSR count). The Morgan fingerprint density at radius 2 is 1.66 bits per heavy atom. The quantitative estimate of drug-likeness (QED) is 0.416. The van der Waals surface area contributed by atoms with Crippen molar-refractivity contribution < 1.29 is 24.2 Å². The van der Waals surface area contributed by atoms with Gasteiger partial charge in [-0.1, -0.05) is 49.1 Å². The van der Waals surface area contributed by atoms with E-state index in [1.54, 1.807) is 24.1 Å². The number of para-hydroxylation sites is 1. The molecule has 1 atom stereocenters. The van der Waals surface area contributed by atoms with Crippen LogP contribution in [0.25, 0.3) is 5.76 Å². The van der Waals surface area contributed by atoms with Gasteiger partial charge in [-0.15, -0.1) is 0 Å². The Bertz CT molecular complexity index is 1070. The first kappa shape index (κ1) is 21.9. The lowest BCUT2D eigenvalue weighted by atomic mass is 9.90. The molecule has 6 nitrogen and oxygen atoms in total. The van der Waals surface area contributed by atoms with Gasteiger partial charge in [-0.3, -0.25) is 9.59 Å². The summed E-state index contributed by atoms with van der Waals surface area (Å²) in [5.41, 5.74) is 2.07. The summed E-state index contributed by atoms with van der Waals surface area (Å²) >= 11 is 0. The van der Waals surface area contributed by atoms with Crippen LogP contribution in [0.5, 0.6) is 11.5 Å². The standard InChI is InChI=1S/C26H29NO5/c1-16-13-14-21(32-3)19(15-16)24(28)22-23(18-11-7-8-12-20(18)31-2)27(26(30)25(22)29)17-9-5-4-6-10-17/h7-8,11-15,17,23,28H,4-6,9-10H2,1-3H3/b24-22+. The minimum Gasteiger partial charge on any atom is -0.507 e. The highest BCUT2D eigenvalue weighted by molar-refractivity contribution is 6.46. The summed E-state index contributed by atoms with van der Waals surface area (Å²) in [5, 5.41) is 11.4. The average molecular weight is 436 g/mol. The second-order valence-corrected chi connectivity index (χ2v) is 8.44. The molecule has 0 aromatic heterocycles. The third-order valence-corrected chi connectivity index (χ3v) is 6.49. The van der Waals surface area contributed by atoms with Crippen LogP contribution in [0.2, 0.25) is 0 Å². The molecule has 1 aliphatic carbocycles. The molecule has 1 unspecified atom stereocenters. The molecule has 2 aromatic rings. The Labute approximate surface area is 188 Å². The molecule has 168 valence electrons. The first-order chi connectivity index (χ1) is 15.5. The van der Waals surface area contributed by atoms with E-state index in [-0.39, 0.29) is 17.4 Å². The van der Waals surface area contributed by atoms with Crippen molar-refractivity contribution in [3.05, 3.63) is 64.7 Å². The molecule has 1 heterocycles. The third-order valence-electron chi connectivity index (χ3n) is 6.49. The first-order valence-corrected chi connectivity index (χ1v) is 11.1. The van der Waals surface area contributed by atoms with E-state index in [2.05, 4.69) is 0 Å². The number of ether oxygens (including phenoxy) is 2. The minimum atomic E-state index is -0.723. The Hall–Kier alpha value is -3.28. The van der Waals surface area contributed by atoms with Gasteiger partial charge >= 0.3 is 0 Å². The van der Waals surface area contributed by atoms with Crippen LogP contribution in [-0.2, 0) is 9.59 Å². The molecule has 1 saturated carbocycles. The van der Waals surface area contributed by atoms with Crippen LogP contribution in [0, 0.1) is 6.92 Å². The van der Waals surface area contributed by atoms with Crippen molar-refractivity contribution in [1.82, 2.24) is 4.90 Å². The summed E-state index contributed by atoms with van der Waals surface area (Å²) in [6.45, 7) is 1.90. The van der Waals surface area contributed by atoms with Crippen molar-refractivity contribution in [2.75, 3.05) is 14.2 Å². The van der Waals surface area contributed by atoms with E-state index in [0.717, 1.165) is 37.7 Å². The van der Waals surface area contributed by atoms with E-state index in [4.69, 9.17) is 9.47 Å². The van der Waals surface area contributed by atoms with Gasteiger partial charge in [0.25, 0.3) is 11.7 Å². The number of carbonyl (C=O) groups is 2. The van der Waals surface area contributed by atoms with Gasteiger partial charge in [0.2, 0.25) is 0 Å². The maximum Gasteiger partial charge on any atom is 0.295 e. The van der Waals surface area contributed by atoms with E-state index in [0.29, 0.717) is 22.6 Å². The van der Waals surface area contributed by atoms with E-state index in [1.165, 1.54) is 7.11 Å². The number of aliphatic hydroxyl groups excluding tert-OH is 1. The van der Waals surface area contributed by atoms with E-state index in [9.17, 15) is 14.7 Å². The molecular weight excluding hydrogens is 406 g/mol. The number of aliphatic hydroxyl groups is 1. The van der Waals surface area contributed by atoms with Crippen molar-refractivity contribution in [2.24, 2.45) is 0 Å². The predicted molar refractivity (Wildman–Crippen MR) is 122 cm³/mol. The van der Waals surface area contributed by atoms with Gasteiger partial charge < -0.3 is 19.5 Å². The van der Waals surface area contributed by atoms with Crippen molar-refractivity contribution >= 4 is 17.4 Å². The molecule has 6 heteroatoms. The van der Waals surface area contributed by atoms with Crippen molar-refractivity contribution in [1.29, 1.82) is 0 Å². The van der Waals surface area contributed by atoms with Gasteiger partial charge in [-0.2, -0.15) is 0 Å². The molecule has 1 amide bonds. The molecule has 1 N–H and O–H groups in total. The summed E-state index contributed by atoms with van der Waals surface area (Å²) in [4.78, 5) is 28.3. The number of hydrogen-bond acceptors (Lipinski definition) is 5. The zero-order valence-corrected chi connectivity index (χ0v) is 18.8. The summed E-state index contributed by atoms with van der Waals surface area (Å²) in [5.74, 6) is -0.454. The second-order valence-electron chi connectivity index (χ2n) is 8.44. The number of carbonyl (C=O) groups excluding carboxylic acids is 2. The maximum atomic E-state index is 13.4. The highest BCUT2D eigenvalue weighted by atomic mass is 16.5. The lowest BCUT2D eigenvalue weighted by Crippen LogP contribution is -2.40. The topological polar surface area (TPSA) is 76.1 Å². The first-order valence-electron chi connectivity index (χ1n) is 11.1. The molecule has 2 aliphatic rings. The van der Waals surface area contributed by atoms with E-state index >= 15 is 0 Å². The number of rotatable bonds is 5. The molecule has 2 aromatic carbocycles. The maximum absolute atomic E-state index is 13.4. The smallest absolute Gasteiger partial charge is 0.295 e. The zero-order valence-electron chi connectivity index (χ0n) is 18.8. The minimum absolute atomic E-state index is 0.0557. The number of Topliss-reactive ketones (excluding diaryl/α,β-unsaturated/α-hetero) is 1. The second kappa shape index (κ2) is 9.07. The fourth-order valence-electron chi connectivity index (χ4n) is 4.94. The third kappa shape index (κ3) is 3.74. The molecule has 0 bridgehead atoms. The van der Waals surface area contributed by atoms with Gasteiger partial charge in [0, 0.05) is 11.6 Å². The number of methoxy groups -OCH3 is 2. The van der Waals surface area contributed by atoms with Crippen LogP contribution < -0.4 is 9.47 Å². The SMILES string of the molecule is COc1ccc(C)cc1/C(O)=C1\C(=O)C(=O)N(C2CCCCC2)C1c1ccccc1OC. The zero-order chi connectivity index (χ0) is 22.8. The van der Waals surface area contributed by atoms with E-state index in [1.807, 2.05) is 37.3 Å². The Morgan fingerprint density at radius 3 is 2.34 bits per heavy atom. The van der Waals surface area contributed by atoms with Crippen molar-refractivity contribution in [3.8, 4) is 11.5 Å². The van der Waals surface area contributed by atoms with Crippen molar-refractivity contribution in [3.63, 3.8) is 0 Å². The summed E-state index contributed by atoms with van der Waals surface area (Å²) in [7, 11) is 3.08. The molecule has 0 spiro atoms. The Balaban J connectivity index is 1.95. The number of aryl methyl sites for hydroxylation is 1. The Morgan fingerprint density at radius 1 is 0.969 bits per heavy atom. The number of likely N-dealkylation sites (tertiary alicyclic amines) is 1. The fourth-order valence-corrected chi connectivity index (χ4v) is 4.94. The van der Waals surface area contributed by atoms with Crippen LogP contribution in [0.1, 0.15) is 54.8 Å². The van der Waals surface area contributed by atoms with Gasteiger partial charge in [0.05, 0.1) is 31.4 Å². The predicted octanol–water partition coefficient (Wildman–Crippen LogP) is 4.77. The van der Waals surface area contributed by atoms with Gasteiger partial charge in [-0.25, -0.2) is 0 Å². The van der Waals surface area contributed by atoms with E-state index < -0.39 is 17.7 Å². The highest BCUT2D eigenvalue weighted by Crippen LogP contribution is 2.46. The number of ketones is 1. The number of benzene rings is 2. The van der Waals surface area contributed by atoms with Crippen LogP contribution in [-0.4, -0.2) is 42.0 Å². The number of amides is 1. The molecule has 32 heavy (non-hydrogen) atoms. The van der Waals surface area contributed by atoms with Crippen LogP contribution >= 0.6 is 0 Å². The molecule has 2 fully saturated rings. The number of hydrogen-bond donors (Lipinski definition) is 1. The summed E-state index contributed by atoms with van der Waals surface area (Å²) < 4.78 is 11.0. The molecule has 1 saturated heterocycles. The van der Waals surface area contributed by atoms with Crippen LogP contribution in [0.4, 0.5) is 0 Å². The van der Waals surface area contributed by atoms with Crippen LogP contribution in [0.15, 0.2) is 48.0 Å². The molecule has 1 aliphatic heterocycles. The average Bonchev–Trinajstić information content (AvgIpc) is 3.09. The Kier molecular flexibility index (Phi) is 6.21. The molecule has 0 radical (unpaired) electrons. The van der Waals surface area contributed by atoms with Gasteiger partial charge in [0.15, 0.2) is 0 Å². The number of nitrogens with zero attached hydrogens (tertiary/aromatic N) is 1. The summed E-state index contributed by atoms with van der Waals surface area (Å²) in [6.07, 6.45) is 4.83. The van der Waals surface area contributed by atoms with Crippen LogP contribution in [0.3, 0.4) is 0 Å². The highest BCUT2D eigenvalue weighted by Gasteiger charge is 2.49. The normalized spacial score (nSPS) is 21.1. The monoisotopic (exact) mass is 435 g/mol. The fraction of sp³-hybridized carbons (Fsp3) is 0.385.